The van der Waals surface area contributed by atoms with Crippen LogP contribution in [-0.4, -0.2) is 23.2 Å². The summed E-state index contributed by atoms with van der Waals surface area (Å²) in [6, 6.07) is 11.4. The predicted octanol–water partition coefficient (Wildman–Crippen LogP) is 1.62. The van der Waals surface area contributed by atoms with Crippen LogP contribution in [0.1, 0.15) is 5.69 Å². The molecular weight excluding hydrogens is 202 g/mol. The van der Waals surface area contributed by atoms with E-state index in [0.29, 0.717) is 6.42 Å². The monoisotopic (exact) mass is 215 g/mol. The molecule has 16 heavy (non-hydrogen) atoms. The van der Waals surface area contributed by atoms with Gasteiger partial charge >= 0.3 is 0 Å². The van der Waals surface area contributed by atoms with Crippen LogP contribution in [0.15, 0.2) is 42.6 Å². The van der Waals surface area contributed by atoms with Crippen molar-refractivity contribution < 1.29 is 4.79 Å². The molecule has 0 aliphatic rings. The van der Waals surface area contributed by atoms with E-state index < -0.39 is 0 Å². The van der Waals surface area contributed by atoms with Crippen LogP contribution in [0.2, 0.25) is 0 Å². The van der Waals surface area contributed by atoms with Crippen molar-refractivity contribution in [3.63, 3.8) is 0 Å². The number of hydrogen-bond acceptors (Lipinski definition) is 2. The summed E-state index contributed by atoms with van der Waals surface area (Å²) in [7, 11) is 1.77. The number of hydrogen-bond donors (Lipinski definition) is 1. The number of nitrogens with one attached hydrogen (secondary N) is 1. The van der Waals surface area contributed by atoms with E-state index in [-0.39, 0.29) is 5.91 Å². The molecule has 1 aromatic heterocycles. The smallest absolute Gasteiger partial charge is 0.232 e. The summed E-state index contributed by atoms with van der Waals surface area (Å²) in [6.45, 7) is 0. The molecule has 1 aromatic carbocycles. The summed E-state index contributed by atoms with van der Waals surface area (Å²) >= 11 is 0. The van der Waals surface area contributed by atoms with Crippen molar-refractivity contribution in [2.24, 2.45) is 0 Å². The number of amides is 1. The van der Waals surface area contributed by atoms with Crippen LogP contribution < -0.4 is 4.90 Å². The molecule has 4 heteroatoms. The van der Waals surface area contributed by atoms with E-state index in [1.807, 2.05) is 30.3 Å². The van der Waals surface area contributed by atoms with Crippen molar-refractivity contribution >= 4 is 11.6 Å². The molecule has 0 spiro atoms. The fourth-order valence-electron chi connectivity index (χ4n) is 1.46. The van der Waals surface area contributed by atoms with Gasteiger partial charge in [0.15, 0.2) is 0 Å². The lowest BCUT2D eigenvalue weighted by Crippen LogP contribution is -2.27. The summed E-state index contributed by atoms with van der Waals surface area (Å²) in [5.74, 6) is 0.0375. The first kappa shape index (κ1) is 10.4. The van der Waals surface area contributed by atoms with Gasteiger partial charge in [0, 0.05) is 24.6 Å². The molecule has 0 aliphatic heterocycles. The molecule has 1 heterocycles. The van der Waals surface area contributed by atoms with E-state index in [2.05, 4.69) is 10.2 Å². The van der Waals surface area contributed by atoms with Crippen LogP contribution >= 0.6 is 0 Å². The van der Waals surface area contributed by atoms with Crippen LogP contribution in [0.4, 0.5) is 5.69 Å². The van der Waals surface area contributed by atoms with Gasteiger partial charge in [-0.15, -0.1) is 0 Å². The van der Waals surface area contributed by atoms with Crippen molar-refractivity contribution in [2.75, 3.05) is 11.9 Å². The van der Waals surface area contributed by atoms with Crippen LogP contribution in [0, 0.1) is 0 Å². The summed E-state index contributed by atoms with van der Waals surface area (Å²) in [5.41, 5.74) is 1.72. The van der Waals surface area contributed by atoms with Crippen molar-refractivity contribution in [1.82, 2.24) is 10.2 Å². The number of likely N-dealkylation sites (N-methyl/N-ethyl adjacent to an activating group) is 1. The zero-order valence-electron chi connectivity index (χ0n) is 9.05. The van der Waals surface area contributed by atoms with Crippen LogP contribution in [0.3, 0.4) is 0 Å². The topological polar surface area (TPSA) is 49.0 Å². The van der Waals surface area contributed by atoms with E-state index in [0.717, 1.165) is 11.4 Å². The van der Waals surface area contributed by atoms with Gasteiger partial charge in [-0.1, -0.05) is 18.2 Å². The normalized spacial score (nSPS) is 10.1. The molecule has 0 bridgehead atoms. The number of carbonyl (C=O) groups is 1. The Balaban J connectivity index is 2.05. The summed E-state index contributed by atoms with van der Waals surface area (Å²) in [6.07, 6.45) is 1.98. The van der Waals surface area contributed by atoms with Gasteiger partial charge in [-0.25, -0.2) is 0 Å². The molecule has 0 fully saturated rings. The third-order valence-electron chi connectivity index (χ3n) is 2.42. The Kier molecular flexibility index (Phi) is 3.00. The number of H-pyrrole nitrogens is 1. The minimum atomic E-state index is 0.0375. The van der Waals surface area contributed by atoms with Gasteiger partial charge in [-0.2, -0.15) is 5.10 Å². The molecule has 0 saturated carbocycles. The highest BCUT2D eigenvalue weighted by molar-refractivity contribution is 5.93. The standard InChI is InChI=1S/C12H13N3O/c1-15(11-5-3-2-4-6-11)12(16)9-10-7-8-13-14-10/h2-8H,9H2,1H3,(H,13,14). The molecule has 0 aliphatic carbocycles. The Bertz CT molecular complexity index is 450. The van der Waals surface area contributed by atoms with Crippen LogP contribution in [0.25, 0.3) is 0 Å². The van der Waals surface area contributed by atoms with Crippen molar-refractivity contribution in [3.8, 4) is 0 Å². The summed E-state index contributed by atoms with van der Waals surface area (Å²) < 4.78 is 0. The highest BCUT2D eigenvalue weighted by atomic mass is 16.2. The van der Waals surface area contributed by atoms with E-state index in [4.69, 9.17) is 0 Å². The Morgan fingerprint density at radius 3 is 2.69 bits per heavy atom. The second kappa shape index (κ2) is 4.61. The minimum absolute atomic E-state index is 0.0375. The van der Waals surface area contributed by atoms with Crippen molar-refractivity contribution in [1.29, 1.82) is 0 Å². The van der Waals surface area contributed by atoms with Gasteiger partial charge in [0.05, 0.1) is 6.42 Å². The molecular formula is C12H13N3O. The first-order chi connectivity index (χ1) is 7.77. The molecule has 82 valence electrons. The fourth-order valence-corrected chi connectivity index (χ4v) is 1.46. The Hall–Kier alpha value is -2.10. The lowest BCUT2D eigenvalue weighted by Gasteiger charge is -2.16. The molecule has 2 aromatic rings. The molecule has 4 nitrogen and oxygen atoms in total. The highest BCUT2D eigenvalue weighted by Gasteiger charge is 2.11. The zero-order valence-corrected chi connectivity index (χ0v) is 9.05. The van der Waals surface area contributed by atoms with E-state index in [1.54, 1.807) is 24.2 Å². The Labute approximate surface area is 93.9 Å². The van der Waals surface area contributed by atoms with Gasteiger partial charge in [0.25, 0.3) is 0 Å². The second-order valence-corrected chi connectivity index (χ2v) is 3.55. The summed E-state index contributed by atoms with van der Waals surface area (Å²) in [5, 5.41) is 6.59. The fraction of sp³-hybridized carbons (Fsp3) is 0.167. The average Bonchev–Trinajstić information content (AvgIpc) is 2.82. The SMILES string of the molecule is CN(C(=O)Cc1ccn[nH]1)c1ccccc1. The average molecular weight is 215 g/mol. The van der Waals surface area contributed by atoms with Crippen LogP contribution in [0.5, 0.6) is 0 Å². The molecule has 0 unspecified atom stereocenters. The number of para-hydroxylation sites is 1. The van der Waals surface area contributed by atoms with Gasteiger partial charge < -0.3 is 4.90 Å². The number of nitrogens with zero attached hydrogens (tertiary/aromatic N) is 2. The van der Waals surface area contributed by atoms with Crippen LogP contribution in [-0.2, 0) is 11.2 Å². The largest absolute Gasteiger partial charge is 0.315 e. The van der Waals surface area contributed by atoms with E-state index >= 15 is 0 Å². The molecule has 0 atom stereocenters. The first-order valence-corrected chi connectivity index (χ1v) is 5.07. The number of anilines is 1. The van der Waals surface area contributed by atoms with Gasteiger partial charge in [-0.3, -0.25) is 9.89 Å². The third kappa shape index (κ3) is 2.28. The van der Waals surface area contributed by atoms with E-state index in [9.17, 15) is 4.79 Å². The number of rotatable bonds is 3. The molecule has 1 N–H and O–H groups in total. The van der Waals surface area contributed by atoms with Crippen molar-refractivity contribution in [3.05, 3.63) is 48.3 Å². The van der Waals surface area contributed by atoms with Gasteiger partial charge in [0.1, 0.15) is 0 Å². The second-order valence-electron chi connectivity index (χ2n) is 3.55. The molecule has 1 amide bonds. The summed E-state index contributed by atoms with van der Waals surface area (Å²) in [4.78, 5) is 13.5. The molecule has 0 saturated heterocycles. The lowest BCUT2D eigenvalue weighted by atomic mass is 10.2. The quantitative estimate of drug-likeness (QED) is 0.845. The molecule has 0 radical (unpaired) electrons. The third-order valence-corrected chi connectivity index (χ3v) is 2.42. The van der Waals surface area contributed by atoms with Gasteiger partial charge in [-0.05, 0) is 18.2 Å². The van der Waals surface area contributed by atoms with E-state index in [1.165, 1.54) is 0 Å². The van der Waals surface area contributed by atoms with Crippen molar-refractivity contribution in [2.45, 2.75) is 6.42 Å². The van der Waals surface area contributed by atoms with Gasteiger partial charge in [0.2, 0.25) is 5.91 Å². The number of carbonyl (C=O) groups excluding carboxylic acids is 1. The highest BCUT2D eigenvalue weighted by Crippen LogP contribution is 2.12. The maximum absolute atomic E-state index is 11.9. The maximum Gasteiger partial charge on any atom is 0.232 e. The Morgan fingerprint density at radius 1 is 1.31 bits per heavy atom. The Morgan fingerprint density at radius 2 is 2.06 bits per heavy atom. The lowest BCUT2D eigenvalue weighted by molar-refractivity contribution is -0.117. The predicted molar refractivity (Wildman–Crippen MR) is 62.1 cm³/mol. The molecule has 2 rings (SSSR count). The first-order valence-electron chi connectivity index (χ1n) is 5.07. The maximum atomic E-state index is 11.9. The number of aromatic nitrogens is 2. The number of aromatic amines is 1. The number of benzene rings is 1. The minimum Gasteiger partial charge on any atom is -0.315 e. The zero-order chi connectivity index (χ0) is 11.4.